The van der Waals surface area contributed by atoms with Gasteiger partial charge in [-0.25, -0.2) is 8.42 Å². The standard InChI is InChI=1S/C19H22N2O5S/c1-13-5-4-6-16(9-13)21(27(3,23)24)14(2)19(22)20-11-15-7-8-17-18(10-15)26-12-25-17/h4-10,14H,11-12H2,1-3H3,(H,20,22). The van der Waals surface area contributed by atoms with Crippen LogP contribution in [0.5, 0.6) is 11.5 Å². The van der Waals surface area contributed by atoms with Crippen molar-refractivity contribution in [1.82, 2.24) is 5.32 Å². The fraction of sp³-hybridized carbons (Fsp3) is 0.316. The monoisotopic (exact) mass is 390 g/mol. The molecule has 2 aromatic rings. The average molecular weight is 390 g/mol. The summed E-state index contributed by atoms with van der Waals surface area (Å²) in [5.74, 6) is 0.910. The Morgan fingerprint density at radius 2 is 1.93 bits per heavy atom. The van der Waals surface area contributed by atoms with Crippen molar-refractivity contribution in [2.75, 3.05) is 17.4 Å². The molecule has 1 unspecified atom stereocenters. The second-order valence-corrected chi connectivity index (χ2v) is 8.34. The molecule has 1 aliphatic heterocycles. The maximum atomic E-state index is 12.6. The lowest BCUT2D eigenvalue weighted by Gasteiger charge is -2.28. The molecule has 0 aromatic heterocycles. The van der Waals surface area contributed by atoms with Crippen LogP contribution >= 0.6 is 0 Å². The number of rotatable bonds is 6. The van der Waals surface area contributed by atoms with Gasteiger partial charge in [-0.2, -0.15) is 0 Å². The van der Waals surface area contributed by atoms with E-state index in [9.17, 15) is 13.2 Å². The van der Waals surface area contributed by atoms with Gasteiger partial charge in [-0.15, -0.1) is 0 Å². The molecule has 27 heavy (non-hydrogen) atoms. The van der Waals surface area contributed by atoms with Gasteiger partial charge in [-0.05, 0) is 49.2 Å². The zero-order valence-electron chi connectivity index (χ0n) is 15.4. The lowest BCUT2D eigenvalue weighted by atomic mass is 10.2. The minimum atomic E-state index is -3.63. The highest BCUT2D eigenvalue weighted by molar-refractivity contribution is 7.92. The molecule has 7 nitrogen and oxygen atoms in total. The predicted octanol–water partition coefficient (Wildman–Crippen LogP) is 2.19. The molecule has 1 aliphatic rings. The predicted molar refractivity (Wildman–Crippen MR) is 102 cm³/mol. The molecule has 0 radical (unpaired) electrons. The van der Waals surface area contributed by atoms with Crippen LogP contribution in [0.25, 0.3) is 0 Å². The van der Waals surface area contributed by atoms with Gasteiger partial charge in [0.05, 0.1) is 11.9 Å². The Balaban J connectivity index is 1.74. The second kappa shape index (κ2) is 7.48. The van der Waals surface area contributed by atoms with E-state index in [1.54, 1.807) is 37.3 Å². The summed E-state index contributed by atoms with van der Waals surface area (Å²) in [5, 5.41) is 2.79. The Kier molecular flexibility index (Phi) is 5.27. The number of aryl methyl sites for hydroxylation is 1. The van der Waals surface area contributed by atoms with E-state index >= 15 is 0 Å². The van der Waals surface area contributed by atoms with Crippen LogP contribution in [0.2, 0.25) is 0 Å². The summed E-state index contributed by atoms with van der Waals surface area (Å²) in [6.45, 7) is 3.87. The maximum Gasteiger partial charge on any atom is 0.243 e. The highest BCUT2D eigenvalue weighted by Crippen LogP contribution is 2.32. The SMILES string of the molecule is Cc1cccc(N(C(C)C(=O)NCc2ccc3c(c2)OCO3)S(C)(=O)=O)c1. The Hall–Kier alpha value is -2.74. The van der Waals surface area contributed by atoms with E-state index in [1.807, 2.05) is 19.1 Å². The van der Waals surface area contributed by atoms with Crippen molar-refractivity contribution in [2.45, 2.75) is 26.4 Å². The first-order chi connectivity index (χ1) is 12.8. The van der Waals surface area contributed by atoms with Gasteiger partial charge < -0.3 is 14.8 Å². The van der Waals surface area contributed by atoms with E-state index in [0.717, 1.165) is 21.7 Å². The van der Waals surface area contributed by atoms with Crippen molar-refractivity contribution < 1.29 is 22.7 Å². The number of anilines is 1. The Morgan fingerprint density at radius 1 is 1.19 bits per heavy atom. The minimum Gasteiger partial charge on any atom is -0.454 e. The topological polar surface area (TPSA) is 84.9 Å². The fourth-order valence-electron chi connectivity index (χ4n) is 2.96. The Bertz CT molecular complexity index is 958. The van der Waals surface area contributed by atoms with E-state index in [-0.39, 0.29) is 19.2 Å². The number of fused-ring (bicyclic) bond motifs is 1. The van der Waals surface area contributed by atoms with Crippen molar-refractivity contribution in [3.63, 3.8) is 0 Å². The first-order valence-electron chi connectivity index (χ1n) is 8.48. The third-order valence-corrected chi connectivity index (χ3v) is 5.49. The van der Waals surface area contributed by atoms with Crippen molar-refractivity contribution >= 4 is 21.6 Å². The third-order valence-electron chi connectivity index (χ3n) is 4.25. The summed E-state index contributed by atoms with van der Waals surface area (Å²) in [6.07, 6.45) is 1.09. The highest BCUT2D eigenvalue weighted by atomic mass is 32.2. The highest BCUT2D eigenvalue weighted by Gasteiger charge is 2.29. The summed E-state index contributed by atoms with van der Waals surface area (Å²) in [7, 11) is -3.63. The molecule has 144 valence electrons. The van der Waals surface area contributed by atoms with Gasteiger partial charge in [0.15, 0.2) is 11.5 Å². The van der Waals surface area contributed by atoms with Gasteiger partial charge in [0, 0.05) is 6.54 Å². The molecule has 0 aliphatic carbocycles. The second-order valence-electron chi connectivity index (χ2n) is 6.48. The molecular weight excluding hydrogens is 368 g/mol. The first kappa shape index (κ1) is 19.0. The Morgan fingerprint density at radius 3 is 2.63 bits per heavy atom. The molecule has 1 N–H and O–H groups in total. The lowest BCUT2D eigenvalue weighted by Crippen LogP contribution is -2.47. The Labute approximate surface area is 158 Å². The van der Waals surface area contributed by atoms with Crippen LogP contribution in [0.4, 0.5) is 5.69 Å². The first-order valence-corrected chi connectivity index (χ1v) is 10.3. The number of ether oxygens (including phenoxy) is 2. The van der Waals surface area contributed by atoms with Crippen molar-refractivity contribution in [1.29, 1.82) is 0 Å². The van der Waals surface area contributed by atoms with Gasteiger partial charge in [-0.1, -0.05) is 18.2 Å². The quantitative estimate of drug-likeness (QED) is 0.817. The number of carbonyl (C=O) groups is 1. The smallest absolute Gasteiger partial charge is 0.243 e. The zero-order valence-corrected chi connectivity index (χ0v) is 16.2. The van der Waals surface area contributed by atoms with Gasteiger partial charge in [0.2, 0.25) is 22.7 Å². The van der Waals surface area contributed by atoms with Crippen molar-refractivity contribution in [3.05, 3.63) is 53.6 Å². The number of nitrogens with zero attached hydrogens (tertiary/aromatic N) is 1. The molecule has 0 saturated carbocycles. The van der Waals surface area contributed by atoms with E-state index < -0.39 is 16.1 Å². The molecule has 1 amide bonds. The van der Waals surface area contributed by atoms with E-state index in [1.165, 1.54) is 0 Å². The van der Waals surface area contributed by atoms with Crippen LogP contribution in [0.15, 0.2) is 42.5 Å². The van der Waals surface area contributed by atoms with Crippen LogP contribution in [0.3, 0.4) is 0 Å². The molecule has 2 aromatic carbocycles. The number of carbonyl (C=O) groups excluding carboxylic acids is 1. The van der Waals surface area contributed by atoms with Gasteiger partial charge >= 0.3 is 0 Å². The summed E-state index contributed by atoms with van der Waals surface area (Å²) in [6, 6.07) is 11.6. The van der Waals surface area contributed by atoms with E-state index in [2.05, 4.69) is 5.32 Å². The number of nitrogens with one attached hydrogen (secondary N) is 1. The van der Waals surface area contributed by atoms with Crippen LogP contribution < -0.4 is 19.1 Å². The van der Waals surface area contributed by atoms with Crippen LogP contribution in [-0.4, -0.2) is 33.4 Å². The normalized spacial score (nSPS) is 13.9. The molecule has 8 heteroatoms. The number of benzene rings is 2. The van der Waals surface area contributed by atoms with E-state index in [0.29, 0.717) is 17.2 Å². The summed E-state index contributed by atoms with van der Waals surface area (Å²) in [5.41, 5.74) is 2.21. The molecular formula is C19H22N2O5S. The summed E-state index contributed by atoms with van der Waals surface area (Å²) >= 11 is 0. The average Bonchev–Trinajstić information content (AvgIpc) is 3.06. The molecule has 1 atom stereocenters. The number of hydrogen-bond acceptors (Lipinski definition) is 5. The summed E-state index contributed by atoms with van der Waals surface area (Å²) < 4.78 is 36.3. The minimum absolute atomic E-state index is 0.183. The van der Waals surface area contributed by atoms with Gasteiger partial charge in [0.25, 0.3) is 0 Å². The number of sulfonamides is 1. The molecule has 0 saturated heterocycles. The molecule has 0 fully saturated rings. The molecule has 3 rings (SSSR count). The number of amides is 1. The molecule has 0 bridgehead atoms. The lowest BCUT2D eigenvalue weighted by molar-refractivity contribution is -0.122. The van der Waals surface area contributed by atoms with E-state index in [4.69, 9.17) is 9.47 Å². The zero-order chi connectivity index (χ0) is 19.6. The largest absolute Gasteiger partial charge is 0.454 e. The third kappa shape index (κ3) is 4.33. The van der Waals surface area contributed by atoms with Gasteiger partial charge in [0.1, 0.15) is 6.04 Å². The molecule has 0 spiro atoms. The van der Waals surface area contributed by atoms with Gasteiger partial charge in [-0.3, -0.25) is 9.10 Å². The summed E-state index contributed by atoms with van der Waals surface area (Å²) in [4.78, 5) is 12.6. The van der Waals surface area contributed by atoms with Crippen molar-refractivity contribution in [3.8, 4) is 11.5 Å². The maximum absolute atomic E-state index is 12.6. The fourth-order valence-corrected chi connectivity index (χ4v) is 4.13. The van der Waals surface area contributed by atoms with Crippen molar-refractivity contribution in [2.24, 2.45) is 0 Å². The molecule has 1 heterocycles. The van der Waals surface area contributed by atoms with Crippen LogP contribution in [0, 0.1) is 6.92 Å². The van der Waals surface area contributed by atoms with Crippen LogP contribution in [0.1, 0.15) is 18.1 Å². The number of hydrogen-bond donors (Lipinski definition) is 1. The van der Waals surface area contributed by atoms with Crippen LogP contribution in [-0.2, 0) is 21.4 Å².